The highest BCUT2D eigenvalue weighted by Crippen LogP contribution is 2.24. The second-order valence-electron chi connectivity index (χ2n) is 4.17. The molecule has 0 fully saturated rings. The Balaban J connectivity index is 2.37. The molecule has 0 bridgehead atoms. The number of rotatable bonds is 7. The second-order valence-corrected chi connectivity index (χ2v) is 4.58. The zero-order valence-corrected chi connectivity index (χ0v) is 11.1. The van der Waals surface area contributed by atoms with Gasteiger partial charge < -0.3 is 10.1 Å². The molecule has 0 aliphatic carbocycles. The normalized spacial score (nSPS) is 12.5. The van der Waals surface area contributed by atoms with E-state index in [0.717, 1.165) is 19.5 Å². The van der Waals surface area contributed by atoms with Gasteiger partial charge in [-0.25, -0.2) is 4.39 Å². The van der Waals surface area contributed by atoms with Gasteiger partial charge in [0.25, 0.3) is 0 Å². The second kappa shape index (κ2) is 7.51. The van der Waals surface area contributed by atoms with Crippen LogP contribution in [0.4, 0.5) is 4.39 Å². The molecule has 0 aliphatic heterocycles. The van der Waals surface area contributed by atoms with E-state index in [9.17, 15) is 4.39 Å². The average Bonchev–Trinajstić information content (AvgIpc) is 2.31. The third kappa shape index (κ3) is 4.92. The van der Waals surface area contributed by atoms with Gasteiger partial charge in [-0.05, 0) is 25.1 Å². The summed E-state index contributed by atoms with van der Waals surface area (Å²) in [6, 6.07) is 4.78. The Hall–Kier alpha value is -0.800. The van der Waals surface area contributed by atoms with E-state index in [2.05, 4.69) is 19.2 Å². The Morgan fingerprint density at radius 2 is 2.24 bits per heavy atom. The van der Waals surface area contributed by atoms with Gasteiger partial charge in [-0.3, -0.25) is 0 Å². The predicted molar refractivity (Wildman–Crippen MR) is 69.2 cm³/mol. The molecule has 0 aliphatic rings. The SMILES string of the molecule is CCCNCC(C)COc1cccc(Cl)c1F. The van der Waals surface area contributed by atoms with Crippen LogP contribution in [0.3, 0.4) is 0 Å². The average molecular weight is 260 g/mol. The Morgan fingerprint density at radius 1 is 1.47 bits per heavy atom. The topological polar surface area (TPSA) is 21.3 Å². The van der Waals surface area contributed by atoms with E-state index in [1.807, 2.05) is 0 Å². The van der Waals surface area contributed by atoms with Crippen LogP contribution in [0.5, 0.6) is 5.75 Å². The van der Waals surface area contributed by atoms with E-state index >= 15 is 0 Å². The van der Waals surface area contributed by atoms with Crippen molar-refractivity contribution in [2.75, 3.05) is 19.7 Å². The molecule has 1 atom stereocenters. The van der Waals surface area contributed by atoms with E-state index in [1.54, 1.807) is 12.1 Å². The summed E-state index contributed by atoms with van der Waals surface area (Å²) in [6.45, 7) is 6.53. The minimum absolute atomic E-state index is 0.0965. The standard InChI is InChI=1S/C13H19ClFNO/c1-3-7-16-8-10(2)9-17-12-6-4-5-11(14)13(12)15/h4-6,10,16H,3,7-9H2,1-2H3. The fourth-order valence-corrected chi connectivity index (χ4v) is 1.58. The van der Waals surface area contributed by atoms with E-state index in [1.165, 1.54) is 6.07 Å². The maximum atomic E-state index is 13.5. The largest absolute Gasteiger partial charge is 0.490 e. The summed E-state index contributed by atoms with van der Waals surface area (Å²) in [7, 11) is 0. The van der Waals surface area contributed by atoms with Crippen LogP contribution in [0.15, 0.2) is 18.2 Å². The van der Waals surface area contributed by atoms with Crippen molar-refractivity contribution in [2.24, 2.45) is 5.92 Å². The van der Waals surface area contributed by atoms with Gasteiger partial charge in [0.05, 0.1) is 11.6 Å². The lowest BCUT2D eigenvalue weighted by Crippen LogP contribution is -2.25. The zero-order chi connectivity index (χ0) is 12.7. The summed E-state index contributed by atoms with van der Waals surface area (Å²) < 4.78 is 18.9. The van der Waals surface area contributed by atoms with E-state index in [4.69, 9.17) is 16.3 Å². The summed E-state index contributed by atoms with van der Waals surface area (Å²) in [4.78, 5) is 0. The highest BCUT2D eigenvalue weighted by molar-refractivity contribution is 6.30. The molecule has 0 amide bonds. The predicted octanol–water partition coefficient (Wildman–Crippen LogP) is 3.49. The first kappa shape index (κ1) is 14.3. The molecule has 2 nitrogen and oxygen atoms in total. The van der Waals surface area contributed by atoms with Crippen LogP contribution >= 0.6 is 11.6 Å². The summed E-state index contributed by atoms with van der Waals surface area (Å²) in [6.07, 6.45) is 1.11. The zero-order valence-electron chi connectivity index (χ0n) is 10.3. The fourth-order valence-electron chi connectivity index (χ4n) is 1.41. The summed E-state index contributed by atoms with van der Waals surface area (Å²) >= 11 is 5.66. The lowest BCUT2D eigenvalue weighted by atomic mass is 10.2. The number of benzene rings is 1. The van der Waals surface area contributed by atoms with Crippen molar-refractivity contribution < 1.29 is 9.13 Å². The molecule has 1 N–H and O–H groups in total. The number of hydrogen-bond donors (Lipinski definition) is 1. The highest BCUT2D eigenvalue weighted by atomic mass is 35.5. The Morgan fingerprint density at radius 3 is 2.94 bits per heavy atom. The van der Waals surface area contributed by atoms with Gasteiger partial charge in [0.15, 0.2) is 11.6 Å². The highest BCUT2D eigenvalue weighted by Gasteiger charge is 2.09. The molecule has 1 rings (SSSR count). The fraction of sp³-hybridized carbons (Fsp3) is 0.538. The minimum Gasteiger partial charge on any atom is -0.490 e. The van der Waals surface area contributed by atoms with Crippen molar-refractivity contribution in [2.45, 2.75) is 20.3 Å². The van der Waals surface area contributed by atoms with Crippen molar-refractivity contribution in [3.05, 3.63) is 29.0 Å². The van der Waals surface area contributed by atoms with Crippen LogP contribution in [0.25, 0.3) is 0 Å². The molecule has 0 spiro atoms. The monoisotopic (exact) mass is 259 g/mol. The minimum atomic E-state index is -0.483. The van der Waals surface area contributed by atoms with Gasteiger partial charge >= 0.3 is 0 Å². The molecule has 0 radical (unpaired) electrons. The number of nitrogens with one attached hydrogen (secondary N) is 1. The van der Waals surface area contributed by atoms with Crippen LogP contribution in [0.2, 0.25) is 5.02 Å². The van der Waals surface area contributed by atoms with Crippen LogP contribution in [-0.2, 0) is 0 Å². The van der Waals surface area contributed by atoms with Crippen LogP contribution in [-0.4, -0.2) is 19.7 Å². The first-order valence-electron chi connectivity index (χ1n) is 5.92. The van der Waals surface area contributed by atoms with Crippen LogP contribution in [0.1, 0.15) is 20.3 Å². The quantitative estimate of drug-likeness (QED) is 0.757. The van der Waals surface area contributed by atoms with Gasteiger partial charge in [0.1, 0.15) is 0 Å². The maximum Gasteiger partial charge on any atom is 0.183 e. The third-order valence-corrected chi connectivity index (χ3v) is 2.65. The van der Waals surface area contributed by atoms with Gasteiger partial charge in [0.2, 0.25) is 0 Å². The van der Waals surface area contributed by atoms with E-state index < -0.39 is 5.82 Å². The van der Waals surface area contributed by atoms with E-state index in [0.29, 0.717) is 12.5 Å². The van der Waals surface area contributed by atoms with Crippen molar-refractivity contribution in [3.8, 4) is 5.75 Å². The number of halogens is 2. The molecule has 17 heavy (non-hydrogen) atoms. The van der Waals surface area contributed by atoms with Gasteiger partial charge in [-0.15, -0.1) is 0 Å². The molecule has 0 saturated carbocycles. The molecule has 4 heteroatoms. The van der Waals surface area contributed by atoms with Gasteiger partial charge in [-0.2, -0.15) is 0 Å². The van der Waals surface area contributed by atoms with E-state index in [-0.39, 0.29) is 10.8 Å². The van der Waals surface area contributed by atoms with Crippen molar-refractivity contribution in [1.82, 2.24) is 5.32 Å². The molecule has 1 aromatic rings. The number of hydrogen-bond acceptors (Lipinski definition) is 2. The summed E-state index contributed by atoms with van der Waals surface area (Å²) in [5, 5.41) is 3.39. The lowest BCUT2D eigenvalue weighted by Gasteiger charge is -2.14. The Bertz CT molecular complexity index is 346. The first-order chi connectivity index (χ1) is 8.15. The molecule has 1 unspecified atom stereocenters. The van der Waals surface area contributed by atoms with Crippen molar-refractivity contribution >= 4 is 11.6 Å². The van der Waals surface area contributed by atoms with Crippen molar-refractivity contribution in [3.63, 3.8) is 0 Å². The molecule has 1 aromatic carbocycles. The Labute approximate surface area is 107 Å². The third-order valence-electron chi connectivity index (χ3n) is 2.36. The summed E-state index contributed by atoms with van der Waals surface area (Å²) in [5.41, 5.74) is 0. The molecule has 0 heterocycles. The summed E-state index contributed by atoms with van der Waals surface area (Å²) in [5.74, 6) is 0.0719. The van der Waals surface area contributed by atoms with Crippen LogP contribution < -0.4 is 10.1 Å². The van der Waals surface area contributed by atoms with Crippen molar-refractivity contribution in [1.29, 1.82) is 0 Å². The van der Waals surface area contributed by atoms with Gasteiger partial charge in [0, 0.05) is 12.5 Å². The molecular weight excluding hydrogens is 241 g/mol. The maximum absolute atomic E-state index is 13.5. The Kier molecular flexibility index (Phi) is 6.30. The smallest absolute Gasteiger partial charge is 0.183 e. The first-order valence-corrected chi connectivity index (χ1v) is 6.30. The lowest BCUT2D eigenvalue weighted by molar-refractivity contribution is 0.246. The molecule has 0 aromatic heterocycles. The molecular formula is C13H19ClFNO. The molecule has 96 valence electrons. The van der Waals surface area contributed by atoms with Crippen LogP contribution in [0, 0.1) is 11.7 Å². The van der Waals surface area contributed by atoms with Gasteiger partial charge in [-0.1, -0.05) is 31.5 Å². The molecule has 0 saturated heterocycles. The number of ether oxygens (including phenoxy) is 1.